The minimum atomic E-state index is -1.12. The summed E-state index contributed by atoms with van der Waals surface area (Å²) in [6.07, 6.45) is 0.426. The highest BCUT2D eigenvalue weighted by Crippen LogP contribution is 2.42. The first-order valence-electron chi connectivity index (χ1n) is 8.70. The number of benzene rings is 1. The van der Waals surface area contributed by atoms with Crippen molar-refractivity contribution in [1.82, 2.24) is 0 Å². The second-order valence-corrected chi connectivity index (χ2v) is 8.56. The average molecular weight is 427 g/mol. The number of halogens is 1. The van der Waals surface area contributed by atoms with E-state index in [-0.39, 0.29) is 19.0 Å². The Bertz CT molecular complexity index is 697. The number of para-hydroxylation sites is 1. The van der Waals surface area contributed by atoms with Crippen LogP contribution in [0.2, 0.25) is 0 Å². The summed E-state index contributed by atoms with van der Waals surface area (Å²) < 4.78 is 11.5. The molecule has 26 heavy (non-hydrogen) atoms. The van der Waals surface area contributed by atoms with Crippen molar-refractivity contribution in [3.05, 3.63) is 28.2 Å². The van der Waals surface area contributed by atoms with Gasteiger partial charge in [0.15, 0.2) is 0 Å². The van der Waals surface area contributed by atoms with E-state index >= 15 is 0 Å². The zero-order valence-electron chi connectivity index (χ0n) is 16.0. The lowest BCUT2D eigenvalue weighted by atomic mass is 10.0. The Morgan fingerprint density at radius 3 is 2.54 bits per heavy atom. The molecule has 1 aromatic carbocycles. The molecule has 0 bridgehead atoms. The summed E-state index contributed by atoms with van der Waals surface area (Å²) in [4.78, 5) is 26.7. The SMILES string of the molecule is CCOC(=O)C1Cc2cccc(Br)c2N1C(C)(N)CC(=O)OC(C)(C)C. The lowest BCUT2D eigenvalue weighted by molar-refractivity contribution is -0.156. The molecule has 1 aliphatic heterocycles. The molecule has 2 atom stereocenters. The molecule has 0 radical (unpaired) electrons. The maximum Gasteiger partial charge on any atom is 0.329 e. The molecule has 2 rings (SSSR count). The van der Waals surface area contributed by atoms with Crippen molar-refractivity contribution in [2.45, 2.75) is 64.8 Å². The van der Waals surface area contributed by atoms with Crippen LogP contribution in [-0.4, -0.2) is 35.9 Å². The molecule has 7 heteroatoms. The van der Waals surface area contributed by atoms with Crippen LogP contribution in [0, 0.1) is 0 Å². The zero-order valence-corrected chi connectivity index (χ0v) is 17.6. The number of hydrogen-bond acceptors (Lipinski definition) is 6. The standard InChI is InChI=1S/C19H27BrN2O4/c1-6-25-17(24)14-10-12-8-7-9-13(20)16(12)22(14)19(5,21)11-15(23)26-18(2,3)4/h7-9,14H,6,10-11,21H2,1-5H3. The molecule has 0 saturated heterocycles. The fraction of sp³-hybridized carbons (Fsp3) is 0.579. The number of nitrogens with two attached hydrogens (primary N) is 1. The van der Waals surface area contributed by atoms with Crippen LogP contribution in [-0.2, 0) is 25.5 Å². The summed E-state index contributed by atoms with van der Waals surface area (Å²) in [5.74, 6) is -0.762. The maximum atomic E-state index is 12.5. The number of anilines is 1. The fourth-order valence-corrected chi connectivity index (χ4v) is 3.84. The van der Waals surface area contributed by atoms with E-state index in [1.54, 1.807) is 18.7 Å². The smallest absolute Gasteiger partial charge is 0.329 e. The molecule has 0 fully saturated rings. The van der Waals surface area contributed by atoms with Gasteiger partial charge in [0, 0.05) is 10.9 Å². The van der Waals surface area contributed by atoms with Crippen LogP contribution in [0.1, 0.15) is 46.6 Å². The topological polar surface area (TPSA) is 81.9 Å². The van der Waals surface area contributed by atoms with Crippen molar-refractivity contribution in [2.24, 2.45) is 5.73 Å². The van der Waals surface area contributed by atoms with Gasteiger partial charge in [-0.15, -0.1) is 0 Å². The van der Waals surface area contributed by atoms with E-state index in [4.69, 9.17) is 15.2 Å². The second kappa shape index (κ2) is 7.56. The fourth-order valence-electron chi connectivity index (χ4n) is 3.24. The minimum absolute atomic E-state index is 0.0546. The van der Waals surface area contributed by atoms with Gasteiger partial charge in [-0.25, -0.2) is 4.79 Å². The Kier molecular flexibility index (Phi) is 6.02. The third-order valence-corrected chi connectivity index (χ3v) is 4.71. The Morgan fingerprint density at radius 1 is 1.31 bits per heavy atom. The van der Waals surface area contributed by atoms with Gasteiger partial charge in [0.05, 0.1) is 24.4 Å². The molecule has 2 N–H and O–H groups in total. The molecule has 0 amide bonds. The van der Waals surface area contributed by atoms with Gasteiger partial charge in [-0.3, -0.25) is 4.79 Å². The van der Waals surface area contributed by atoms with Crippen molar-refractivity contribution in [1.29, 1.82) is 0 Å². The first-order chi connectivity index (χ1) is 12.0. The highest BCUT2D eigenvalue weighted by atomic mass is 79.9. The van der Waals surface area contributed by atoms with Gasteiger partial charge in [0.2, 0.25) is 0 Å². The number of nitrogens with zero attached hydrogens (tertiary/aromatic N) is 1. The molecule has 1 aromatic rings. The Morgan fingerprint density at radius 2 is 1.96 bits per heavy atom. The molecule has 1 aliphatic rings. The van der Waals surface area contributed by atoms with Gasteiger partial charge in [0.1, 0.15) is 11.6 Å². The van der Waals surface area contributed by atoms with Crippen LogP contribution in [0.15, 0.2) is 22.7 Å². The summed E-state index contributed by atoms with van der Waals surface area (Å²) in [5.41, 5.74) is 6.63. The lowest BCUT2D eigenvalue weighted by Crippen LogP contribution is -2.60. The van der Waals surface area contributed by atoms with Crippen molar-refractivity contribution in [2.75, 3.05) is 11.5 Å². The quantitative estimate of drug-likeness (QED) is 0.728. The molecule has 1 heterocycles. The number of fused-ring (bicyclic) bond motifs is 1. The highest BCUT2D eigenvalue weighted by Gasteiger charge is 2.45. The van der Waals surface area contributed by atoms with Crippen LogP contribution in [0.5, 0.6) is 0 Å². The minimum Gasteiger partial charge on any atom is -0.464 e. The Labute approximate surface area is 163 Å². The number of ether oxygens (including phenoxy) is 2. The number of carbonyl (C=O) groups excluding carboxylic acids is 2. The Hall–Kier alpha value is -1.60. The molecule has 0 spiro atoms. The van der Waals surface area contributed by atoms with E-state index in [9.17, 15) is 9.59 Å². The average Bonchev–Trinajstić information content (AvgIpc) is 2.86. The predicted octanol–water partition coefficient (Wildman–Crippen LogP) is 3.15. The van der Waals surface area contributed by atoms with Gasteiger partial charge in [-0.2, -0.15) is 0 Å². The number of carbonyl (C=O) groups is 2. The number of rotatable bonds is 5. The zero-order chi connectivity index (χ0) is 19.7. The van der Waals surface area contributed by atoms with Crippen LogP contribution in [0.25, 0.3) is 0 Å². The molecule has 6 nitrogen and oxygen atoms in total. The maximum absolute atomic E-state index is 12.5. The monoisotopic (exact) mass is 426 g/mol. The van der Waals surface area contributed by atoms with Gasteiger partial charge in [-0.05, 0) is 62.2 Å². The third-order valence-electron chi connectivity index (χ3n) is 4.07. The van der Waals surface area contributed by atoms with E-state index in [0.29, 0.717) is 6.42 Å². The summed E-state index contributed by atoms with van der Waals surface area (Å²) >= 11 is 3.55. The molecular formula is C19H27BrN2O4. The third kappa shape index (κ3) is 4.57. The van der Waals surface area contributed by atoms with Crippen molar-refractivity contribution in [3.8, 4) is 0 Å². The number of hydrogen-bond donors (Lipinski definition) is 1. The van der Waals surface area contributed by atoms with Crippen molar-refractivity contribution in [3.63, 3.8) is 0 Å². The Balaban J connectivity index is 2.37. The van der Waals surface area contributed by atoms with Crippen LogP contribution in [0.4, 0.5) is 5.69 Å². The predicted molar refractivity (Wildman–Crippen MR) is 104 cm³/mol. The van der Waals surface area contributed by atoms with Crippen LogP contribution >= 0.6 is 15.9 Å². The van der Waals surface area contributed by atoms with Crippen LogP contribution < -0.4 is 10.6 Å². The van der Waals surface area contributed by atoms with Gasteiger partial charge >= 0.3 is 11.9 Å². The van der Waals surface area contributed by atoms with Crippen molar-refractivity contribution < 1.29 is 19.1 Å². The number of esters is 2. The van der Waals surface area contributed by atoms with E-state index < -0.39 is 23.3 Å². The van der Waals surface area contributed by atoms with Crippen molar-refractivity contribution >= 4 is 33.6 Å². The van der Waals surface area contributed by atoms with E-state index in [1.807, 2.05) is 39.0 Å². The normalized spacial score (nSPS) is 18.9. The van der Waals surface area contributed by atoms with E-state index in [2.05, 4.69) is 15.9 Å². The van der Waals surface area contributed by atoms with Gasteiger partial charge < -0.3 is 20.1 Å². The van der Waals surface area contributed by atoms with Gasteiger partial charge in [-0.1, -0.05) is 12.1 Å². The molecule has 2 unspecified atom stereocenters. The first-order valence-corrected chi connectivity index (χ1v) is 9.49. The summed E-state index contributed by atoms with van der Waals surface area (Å²) in [7, 11) is 0. The van der Waals surface area contributed by atoms with E-state index in [1.165, 1.54) is 0 Å². The van der Waals surface area contributed by atoms with Crippen LogP contribution in [0.3, 0.4) is 0 Å². The molecule has 0 aliphatic carbocycles. The summed E-state index contributed by atoms with van der Waals surface area (Å²) in [6, 6.07) is 5.18. The molecule has 144 valence electrons. The first kappa shape index (κ1) is 20.7. The lowest BCUT2D eigenvalue weighted by Gasteiger charge is -2.40. The summed E-state index contributed by atoms with van der Waals surface area (Å²) in [5, 5.41) is 0. The highest BCUT2D eigenvalue weighted by molar-refractivity contribution is 9.10. The second-order valence-electron chi connectivity index (χ2n) is 7.71. The van der Waals surface area contributed by atoms with Gasteiger partial charge in [0.25, 0.3) is 0 Å². The summed E-state index contributed by atoms with van der Waals surface area (Å²) in [6.45, 7) is 9.21. The largest absolute Gasteiger partial charge is 0.464 e. The molecule has 0 aromatic heterocycles. The molecule has 0 saturated carbocycles. The molecular weight excluding hydrogens is 400 g/mol. The van der Waals surface area contributed by atoms with E-state index in [0.717, 1.165) is 15.7 Å².